The number of carbonyl (C=O) groups excluding carboxylic acids is 1. The molecule has 1 aliphatic rings. The number of likely N-dealkylation sites (tertiary alicyclic amines) is 1. The number of nitrogens with one attached hydrogen (secondary N) is 1. The fraction of sp³-hybridized carbons (Fsp3) is 0.435. The molecule has 0 bridgehead atoms. The lowest BCUT2D eigenvalue weighted by atomic mass is 9.96. The highest BCUT2D eigenvalue weighted by Crippen LogP contribution is 2.20. The number of amides is 1. The van der Waals surface area contributed by atoms with Crippen LogP contribution < -0.4 is 5.32 Å². The number of carbonyl (C=O) groups is 1. The predicted octanol–water partition coefficient (Wildman–Crippen LogP) is 5.02. The van der Waals surface area contributed by atoms with Crippen LogP contribution in [-0.4, -0.2) is 36.2 Å². The molecule has 1 fully saturated rings. The second-order valence-corrected chi connectivity index (χ2v) is 9.56. The normalized spacial score (nSPS) is 17.4. The van der Waals surface area contributed by atoms with Crippen LogP contribution in [-0.2, 0) is 17.1 Å². The standard InChI is InChI=1S/C23H29BrN2OS/c1-18-5-2-7-20(13-18)17-28-12-10-25-23(27)21-8-4-11-26(16-21)15-19-6-3-9-22(24)14-19/h2-3,5-7,9,13-14,21H,4,8,10-12,15-17H2,1H3,(H,25,27). The molecule has 0 aliphatic carbocycles. The van der Waals surface area contributed by atoms with Crippen molar-refractivity contribution in [3.63, 3.8) is 0 Å². The van der Waals surface area contributed by atoms with Gasteiger partial charge in [0.1, 0.15) is 0 Å². The Hall–Kier alpha value is -1.30. The Kier molecular flexibility index (Phi) is 8.44. The van der Waals surface area contributed by atoms with Crippen LogP contribution in [0.25, 0.3) is 0 Å². The van der Waals surface area contributed by atoms with Crippen molar-refractivity contribution in [3.8, 4) is 0 Å². The summed E-state index contributed by atoms with van der Waals surface area (Å²) in [5.41, 5.74) is 3.95. The zero-order valence-electron chi connectivity index (χ0n) is 16.5. The molecule has 1 amide bonds. The quantitative estimate of drug-likeness (QED) is 0.561. The van der Waals surface area contributed by atoms with Gasteiger partial charge >= 0.3 is 0 Å². The van der Waals surface area contributed by atoms with E-state index in [1.807, 2.05) is 17.8 Å². The number of hydrogen-bond acceptors (Lipinski definition) is 3. The van der Waals surface area contributed by atoms with Crippen LogP contribution in [0.5, 0.6) is 0 Å². The van der Waals surface area contributed by atoms with Crippen molar-refractivity contribution in [1.82, 2.24) is 10.2 Å². The van der Waals surface area contributed by atoms with E-state index in [2.05, 4.69) is 75.5 Å². The molecule has 2 aromatic carbocycles. The third-order valence-electron chi connectivity index (χ3n) is 5.07. The summed E-state index contributed by atoms with van der Waals surface area (Å²) < 4.78 is 1.11. The van der Waals surface area contributed by atoms with Crippen LogP contribution in [0.4, 0.5) is 0 Å². The van der Waals surface area contributed by atoms with Crippen LogP contribution in [0.2, 0.25) is 0 Å². The maximum atomic E-state index is 12.6. The molecule has 1 aliphatic heterocycles. The lowest BCUT2D eigenvalue weighted by molar-refractivity contribution is -0.126. The number of thioether (sulfide) groups is 1. The van der Waals surface area contributed by atoms with Crippen molar-refractivity contribution in [3.05, 3.63) is 69.7 Å². The molecule has 3 nitrogen and oxygen atoms in total. The van der Waals surface area contributed by atoms with Crippen molar-refractivity contribution in [1.29, 1.82) is 0 Å². The molecule has 1 saturated heterocycles. The van der Waals surface area contributed by atoms with Crippen molar-refractivity contribution < 1.29 is 4.79 Å². The summed E-state index contributed by atoms with van der Waals surface area (Å²) in [5.74, 6) is 2.29. The Morgan fingerprint density at radius 1 is 1.21 bits per heavy atom. The summed E-state index contributed by atoms with van der Waals surface area (Å²) in [7, 11) is 0. The van der Waals surface area contributed by atoms with E-state index in [0.717, 1.165) is 55.0 Å². The molecule has 2 aromatic rings. The van der Waals surface area contributed by atoms with Crippen LogP contribution in [0.1, 0.15) is 29.5 Å². The molecule has 28 heavy (non-hydrogen) atoms. The van der Waals surface area contributed by atoms with Crippen molar-refractivity contribution in [2.45, 2.75) is 32.1 Å². The van der Waals surface area contributed by atoms with E-state index in [9.17, 15) is 4.79 Å². The number of rotatable bonds is 8. The summed E-state index contributed by atoms with van der Waals surface area (Å²) in [6.45, 7) is 5.71. The van der Waals surface area contributed by atoms with E-state index >= 15 is 0 Å². The molecule has 0 spiro atoms. The van der Waals surface area contributed by atoms with Crippen LogP contribution >= 0.6 is 27.7 Å². The molecule has 0 radical (unpaired) electrons. The highest BCUT2D eigenvalue weighted by Gasteiger charge is 2.25. The Bertz CT molecular complexity index is 783. The number of aryl methyl sites for hydroxylation is 1. The van der Waals surface area contributed by atoms with Gasteiger partial charge in [-0.2, -0.15) is 11.8 Å². The first kappa shape index (κ1) is 21.4. The van der Waals surface area contributed by atoms with Gasteiger partial charge in [0.25, 0.3) is 0 Å². The minimum absolute atomic E-state index is 0.114. The molecule has 1 heterocycles. The zero-order chi connectivity index (χ0) is 19.8. The number of hydrogen-bond donors (Lipinski definition) is 1. The van der Waals surface area contributed by atoms with E-state index in [-0.39, 0.29) is 11.8 Å². The Morgan fingerprint density at radius 3 is 2.86 bits per heavy atom. The topological polar surface area (TPSA) is 32.3 Å². The zero-order valence-corrected chi connectivity index (χ0v) is 18.9. The van der Waals surface area contributed by atoms with E-state index in [0.29, 0.717) is 0 Å². The third-order valence-corrected chi connectivity index (χ3v) is 6.59. The van der Waals surface area contributed by atoms with Gasteiger partial charge in [-0.15, -0.1) is 0 Å². The Balaban J connectivity index is 1.36. The second-order valence-electron chi connectivity index (χ2n) is 7.54. The summed E-state index contributed by atoms with van der Waals surface area (Å²) in [5, 5.41) is 3.15. The molecular weight excluding hydrogens is 432 g/mol. The summed E-state index contributed by atoms with van der Waals surface area (Å²) in [4.78, 5) is 15.0. The molecular formula is C23H29BrN2OS. The minimum atomic E-state index is 0.114. The number of halogens is 1. The van der Waals surface area contributed by atoms with Crippen LogP contribution in [0, 0.1) is 12.8 Å². The molecule has 3 rings (SSSR count). The maximum Gasteiger partial charge on any atom is 0.224 e. The van der Waals surface area contributed by atoms with Crippen molar-refractivity contribution >= 4 is 33.6 Å². The number of nitrogens with zero attached hydrogens (tertiary/aromatic N) is 1. The van der Waals surface area contributed by atoms with Gasteiger partial charge in [0.05, 0.1) is 5.92 Å². The molecule has 0 aromatic heterocycles. The van der Waals surface area contributed by atoms with Crippen LogP contribution in [0.15, 0.2) is 53.0 Å². The first-order chi connectivity index (χ1) is 13.6. The Labute approximate surface area is 181 Å². The van der Waals surface area contributed by atoms with Gasteiger partial charge in [0, 0.05) is 35.6 Å². The van der Waals surface area contributed by atoms with Gasteiger partial charge in [-0.3, -0.25) is 9.69 Å². The summed E-state index contributed by atoms with van der Waals surface area (Å²) in [6.07, 6.45) is 2.09. The summed E-state index contributed by atoms with van der Waals surface area (Å²) in [6, 6.07) is 17.1. The lowest BCUT2D eigenvalue weighted by Crippen LogP contribution is -2.43. The van der Waals surface area contributed by atoms with E-state index in [1.54, 1.807) is 0 Å². The smallest absolute Gasteiger partial charge is 0.224 e. The van der Waals surface area contributed by atoms with E-state index in [4.69, 9.17) is 0 Å². The van der Waals surface area contributed by atoms with Gasteiger partial charge in [-0.25, -0.2) is 0 Å². The molecule has 1 N–H and O–H groups in total. The van der Waals surface area contributed by atoms with Gasteiger partial charge in [0.2, 0.25) is 5.91 Å². The molecule has 150 valence electrons. The molecule has 5 heteroatoms. The van der Waals surface area contributed by atoms with Crippen molar-refractivity contribution in [2.75, 3.05) is 25.4 Å². The second kappa shape index (κ2) is 11.0. The fourth-order valence-electron chi connectivity index (χ4n) is 3.69. The third kappa shape index (κ3) is 6.94. The molecule has 1 unspecified atom stereocenters. The minimum Gasteiger partial charge on any atom is -0.355 e. The number of piperidine rings is 1. The molecule has 1 atom stereocenters. The highest BCUT2D eigenvalue weighted by atomic mass is 79.9. The van der Waals surface area contributed by atoms with Gasteiger partial charge in [0.15, 0.2) is 0 Å². The number of benzene rings is 2. The average molecular weight is 461 g/mol. The van der Waals surface area contributed by atoms with E-state index in [1.165, 1.54) is 16.7 Å². The van der Waals surface area contributed by atoms with Gasteiger partial charge in [-0.05, 0) is 49.6 Å². The fourth-order valence-corrected chi connectivity index (χ4v) is 4.94. The largest absolute Gasteiger partial charge is 0.355 e. The lowest BCUT2D eigenvalue weighted by Gasteiger charge is -2.32. The van der Waals surface area contributed by atoms with Crippen molar-refractivity contribution in [2.24, 2.45) is 5.92 Å². The Morgan fingerprint density at radius 2 is 2.04 bits per heavy atom. The van der Waals surface area contributed by atoms with E-state index < -0.39 is 0 Å². The van der Waals surface area contributed by atoms with Crippen LogP contribution in [0.3, 0.4) is 0 Å². The van der Waals surface area contributed by atoms with Gasteiger partial charge in [-0.1, -0.05) is 57.9 Å². The highest BCUT2D eigenvalue weighted by molar-refractivity contribution is 9.10. The monoisotopic (exact) mass is 460 g/mol. The first-order valence-electron chi connectivity index (χ1n) is 9.98. The predicted molar refractivity (Wildman–Crippen MR) is 122 cm³/mol. The molecule has 0 saturated carbocycles. The first-order valence-corrected chi connectivity index (χ1v) is 11.9. The summed E-state index contributed by atoms with van der Waals surface area (Å²) >= 11 is 5.41. The maximum absolute atomic E-state index is 12.6. The SMILES string of the molecule is Cc1cccc(CSCCNC(=O)C2CCCN(Cc3cccc(Br)c3)C2)c1. The van der Waals surface area contributed by atoms with Gasteiger partial charge < -0.3 is 5.32 Å². The average Bonchev–Trinajstić information content (AvgIpc) is 2.68.